The average molecular weight is 499 g/mol. The number of amides is 1. The number of oxazole rings is 1. The summed E-state index contributed by atoms with van der Waals surface area (Å²) >= 11 is 0. The second kappa shape index (κ2) is 9.60. The first-order valence-corrected chi connectivity index (χ1v) is 13.4. The third kappa shape index (κ3) is 4.78. The van der Waals surface area contributed by atoms with Crippen LogP contribution in [0.15, 0.2) is 62.6 Å². The van der Waals surface area contributed by atoms with Crippen molar-refractivity contribution in [1.29, 1.82) is 0 Å². The van der Waals surface area contributed by atoms with Gasteiger partial charge >= 0.3 is 5.76 Å². The van der Waals surface area contributed by atoms with Crippen molar-refractivity contribution in [1.82, 2.24) is 18.7 Å². The quantitative estimate of drug-likeness (QED) is 0.533. The predicted molar refractivity (Wildman–Crippen MR) is 131 cm³/mol. The van der Waals surface area contributed by atoms with E-state index >= 15 is 0 Å². The van der Waals surface area contributed by atoms with Crippen molar-refractivity contribution in [2.24, 2.45) is 13.0 Å². The van der Waals surface area contributed by atoms with Crippen molar-refractivity contribution < 1.29 is 17.6 Å². The molecule has 2 saturated heterocycles. The Bertz CT molecular complexity index is 1370. The Kier molecular flexibility index (Phi) is 6.52. The van der Waals surface area contributed by atoms with Crippen LogP contribution < -0.4 is 5.76 Å². The molecule has 10 heteroatoms. The molecule has 0 bridgehead atoms. The number of hydrogen-bond acceptors (Lipinski definition) is 6. The van der Waals surface area contributed by atoms with Crippen molar-refractivity contribution in [3.05, 3.63) is 64.6 Å². The first-order chi connectivity index (χ1) is 16.8. The Morgan fingerprint density at radius 1 is 0.971 bits per heavy atom. The lowest BCUT2D eigenvalue weighted by Crippen LogP contribution is -2.51. The van der Waals surface area contributed by atoms with E-state index in [0.717, 1.165) is 19.6 Å². The van der Waals surface area contributed by atoms with E-state index in [1.165, 1.54) is 26.6 Å². The number of carbonyl (C=O) groups is 1. The summed E-state index contributed by atoms with van der Waals surface area (Å²) in [6.07, 6.45) is 1.01. The number of aromatic nitrogens is 1. The maximum absolute atomic E-state index is 13.2. The largest absolute Gasteiger partial charge is 0.419 e. The standard InChI is InChI=1S/C25H30N4O5S/c1-26-22-8-7-21(17-23(22)34-25(26)31)35(32,33)29-11-9-20(10-12-29)24(30)28-15-13-27(14-16-28)18-19-5-3-2-4-6-19/h2-8,17,20H,9-16,18H2,1H3. The number of hydrogen-bond donors (Lipinski definition) is 0. The topological polar surface area (TPSA) is 96.1 Å². The number of nitrogens with zero attached hydrogens (tertiary/aromatic N) is 4. The molecule has 0 spiro atoms. The molecular formula is C25H30N4O5S. The van der Waals surface area contributed by atoms with Crippen LogP contribution in [0.3, 0.4) is 0 Å². The van der Waals surface area contributed by atoms with E-state index in [-0.39, 0.29) is 22.3 Å². The molecule has 3 heterocycles. The van der Waals surface area contributed by atoms with Gasteiger partial charge in [0, 0.05) is 64.8 Å². The van der Waals surface area contributed by atoms with Crippen molar-refractivity contribution in [2.45, 2.75) is 24.3 Å². The van der Waals surface area contributed by atoms with Gasteiger partial charge in [0.25, 0.3) is 0 Å². The number of fused-ring (bicyclic) bond motifs is 1. The van der Waals surface area contributed by atoms with Gasteiger partial charge in [-0.2, -0.15) is 4.31 Å². The number of sulfonamides is 1. The Hall–Kier alpha value is -2.95. The predicted octanol–water partition coefficient (Wildman–Crippen LogP) is 1.88. The van der Waals surface area contributed by atoms with E-state index in [9.17, 15) is 18.0 Å². The average Bonchev–Trinajstić information content (AvgIpc) is 3.17. The van der Waals surface area contributed by atoms with Crippen LogP contribution in [-0.2, 0) is 28.4 Å². The molecule has 3 aromatic rings. The highest BCUT2D eigenvalue weighted by molar-refractivity contribution is 7.89. The van der Waals surface area contributed by atoms with Gasteiger partial charge in [0.15, 0.2) is 5.58 Å². The third-order valence-electron chi connectivity index (χ3n) is 7.14. The minimum absolute atomic E-state index is 0.0960. The number of rotatable bonds is 5. The zero-order valence-electron chi connectivity index (χ0n) is 19.8. The normalized spacial score (nSPS) is 18.8. The van der Waals surface area contributed by atoms with Gasteiger partial charge in [-0.3, -0.25) is 14.3 Å². The minimum Gasteiger partial charge on any atom is -0.408 e. The van der Waals surface area contributed by atoms with Crippen LogP contribution in [0, 0.1) is 5.92 Å². The molecule has 0 aliphatic carbocycles. The highest BCUT2D eigenvalue weighted by Gasteiger charge is 2.35. The van der Waals surface area contributed by atoms with E-state index in [0.29, 0.717) is 44.5 Å². The summed E-state index contributed by atoms with van der Waals surface area (Å²) in [4.78, 5) is 29.2. The zero-order valence-corrected chi connectivity index (χ0v) is 20.6. The SMILES string of the molecule is Cn1c(=O)oc2cc(S(=O)(=O)N3CCC(C(=O)N4CCN(Cc5ccccc5)CC4)CC3)ccc21. The second-order valence-corrected chi connectivity index (χ2v) is 11.3. The van der Waals surface area contributed by atoms with Crippen LogP contribution in [0.2, 0.25) is 0 Å². The molecule has 0 radical (unpaired) electrons. The van der Waals surface area contributed by atoms with Gasteiger partial charge < -0.3 is 9.32 Å². The van der Waals surface area contributed by atoms with Crippen LogP contribution in [0.1, 0.15) is 18.4 Å². The van der Waals surface area contributed by atoms with Gasteiger partial charge in [0.2, 0.25) is 15.9 Å². The summed E-state index contributed by atoms with van der Waals surface area (Å²) in [6, 6.07) is 14.8. The lowest BCUT2D eigenvalue weighted by molar-refractivity contribution is -0.138. The van der Waals surface area contributed by atoms with Crippen LogP contribution in [0.5, 0.6) is 0 Å². The molecule has 2 fully saturated rings. The Morgan fingerprint density at radius 3 is 2.34 bits per heavy atom. The third-order valence-corrected chi connectivity index (χ3v) is 9.03. The molecule has 1 amide bonds. The van der Waals surface area contributed by atoms with Crippen LogP contribution in [-0.4, -0.2) is 72.3 Å². The molecule has 35 heavy (non-hydrogen) atoms. The molecule has 2 aromatic carbocycles. The molecule has 186 valence electrons. The van der Waals surface area contributed by atoms with E-state index in [4.69, 9.17) is 4.42 Å². The number of carbonyl (C=O) groups excluding carboxylic acids is 1. The maximum atomic E-state index is 13.2. The molecule has 0 N–H and O–H groups in total. The van der Waals surface area contributed by atoms with Crippen molar-refractivity contribution in [2.75, 3.05) is 39.3 Å². The van der Waals surface area contributed by atoms with Gasteiger partial charge in [-0.15, -0.1) is 0 Å². The second-order valence-electron chi connectivity index (χ2n) is 9.32. The fourth-order valence-electron chi connectivity index (χ4n) is 4.99. The maximum Gasteiger partial charge on any atom is 0.419 e. The lowest BCUT2D eigenvalue weighted by atomic mass is 9.96. The first kappa shape index (κ1) is 23.8. The van der Waals surface area contributed by atoms with E-state index in [1.807, 2.05) is 23.1 Å². The fraction of sp³-hybridized carbons (Fsp3) is 0.440. The minimum atomic E-state index is -3.74. The van der Waals surface area contributed by atoms with E-state index < -0.39 is 15.8 Å². The molecule has 0 unspecified atom stereocenters. The highest BCUT2D eigenvalue weighted by Crippen LogP contribution is 2.27. The van der Waals surface area contributed by atoms with Crippen molar-refractivity contribution in [3.8, 4) is 0 Å². The van der Waals surface area contributed by atoms with Crippen molar-refractivity contribution in [3.63, 3.8) is 0 Å². The summed E-state index contributed by atoms with van der Waals surface area (Å²) in [6.45, 7) is 4.56. The van der Waals surface area contributed by atoms with E-state index in [2.05, 4.69) is 17.0 Å². The van der Waals surface area contributed by atoms with Crippen LogP contribution >= 0.6 is 0 Å². The molecule has 2 aliphatic heterocycles. The van der Waals surface area contributed by atoms with Gasteiger partial charge in [-0.25, -0.2) is 13.2 Å². The lowest BCUT2D eigenvalue weighted by Gasteiger charge is -2.38. The Balaban J connectivity index is 1.16. The summed E-state index contributed by atoms with van der Waals surface area (Å²) in [7, 11) is -2.16. The fourth-order valence-corrected chi connectivity index (χ4v) is 6.48. The summed E-state index contributed by atoms with van der Waals surface area (Å²) in [5, 5.41) is 0. The molecule has 0 saturated carbocycles. The number of piperazine rings is 1. The molecule has 9 nitrogen and oxygen atoms in total. The first-order valence-electron chi connectivity index (χ1n) is 12.0. The smallest absolute Gasteiger partial charge is 0.408 e. The molecular weight excluding hydrogens is 468 g/mol. The van der Waals surface area contributed by atoms with Crippen LogP contribution in [0.4, 0.5) is 0 Å². The molecule has 5 rings (SSSR count). The summed E-state index contributed by atoms with van der Waals surface area (Å²) < 4.78 is 34.3. The van der Waals surface area contributed by atoms with E-state index in [1.54, 1.807) is 13.1 Å². The summed E-state index contributed by atoms with van der Waals surface area (Å²) in [5.74, 6) is -0.555. The van der Waals surface area contributed by atoms with Crippen molar-refractivity contribution >= 4 is 27.0 Å². The molecule has 0 atom stereocenters. The Labute approximate surface area is 204 Å². The number of benzene rings is 2. The molecule has 2 aliphatic rings. The number of piperidine rings is 1. The van der Waals surface area contributed by atoms with Gasteiger partial charge in [0.1, 0.15) is 0 Å². The summed E-state index contributed by atoms with van der Waals surface area (Å²) in [5.41, 5.74) is 2.06. The monoisotopic (exact) mass is 498 g/mol. The van der Waals surface area contributed by atoms with Crippen LogP contribution in [0.25, 0.3) is 11.1 Å². The zero-order chi connectivity index (χ0) is 24.6. The van der Waals surface area contributed by atoms with Gasteiger partial charge in [-0.1, -0.05) is 30.3 Å². The van der Waals surface area contributed by atoms with Gasteiger partial charge in [-0.05, 0) is 30.5 Å². The Morgan fingerprint density at radius 2 is 1.66 bits per heavy atom. The highest BCUT2D eigenvalue weighted by atomic mass is 32.2. The number of aryl methyl sites for hydroxylation is 1. The van der Waals surface area contributed by atoms with Gasteiger partial charge in [0.05, 0.1) is 10.4 Å². The molecule has 1 aromatic heterocycles.